The zero-order valence-electron chi connectivity index (χ0n) is 15.1. The minimum Gasteiger partial charge on any atom is -0.469 e. The van der Waals surface area contributed by atoms with Gasteiger partial charge in [-0.15, -0.1) is 0 Å². The standard InChI is InChI=1S/C11H21NO3.C3H6O2.C2H6/c1-11(2,3)15-10(14)12-8-6-4-5-7-9(8)13;1-3(4)5-2;1-2/h8-9,13H,4-7H2,1-3H3,(H,12,14);1-2H3;1-2H3/t8-,9?;;/m1../s1. The lowest BCUT2D eigenvalue weighted by atomic mass is 9.93. The van der Waals surface area contributed by atoms with Crippen molar-refractivity contribution in [3.8, 4) is 0 Å². The maximum Gasteiger partial charge on any atom is 0.407 e. The molecule has 1 aliphatic carbocycles. The van der Waals surface area contributed by atoms with E-state index in [1.165, 1.54) is 14.0 Å². The van der Waals surface area contributed by atoms with Gasteiger partial charge < -0.3 is 19.9 Å². The van der Waals surface area contributed by atoms with Crippen LogP contribution in [-0.4, -0.2) is 42.0 Å². The summed E-state index contributed by atoms with van der Waals surface area (Å²) in [4.78, 5) is 21.0. The highest BCUT2D eigenvalue weighted by Crippen LogP contribution is 2.18. The molecule has 6 nitrogen and oxygen atoms in total. The Hall–Kier alpha value is -1.30. The molecule has 0 aliphatic heterocycles. The Balaban J connectivity index is 0. The Morgan fingerprint density at radius 3 is 1.95 bits per heavy atom. The maximum absolute atomic E-state index is 11.4. The van der Waals surface area contributed by atoms with Crippen molar-refractivity contribution in [1.82, 2.24) is 5.32 Å². The van der Waals surface area contributed by atoms with E-state index >= 15 is 0 Å². The Morgan fingerprint density at radius 1 is 1.14 bits per heavy atom. The van der Waals surface area contributed by atoms with Gasteiger partial charge in [-0.25, -0.2) is 4.79 Å². The van der Waals surface area contributed by atoms with E-state index in [9.17, 15) is 14.7 Å². The molecule has 0 bridgehead atoms. The average molecular weight is 319 g/mol. The van der Waals surface area contributed by atoms with Gasteiger partial charge in [0.05, 0.1) is 19.3 Å². The molecule has 0 aromatic carbocycles. The largest absolute Gasteiger partial charge is 0.469 e. The van der Waals surface area contributed by atoms with Crippen LogP contribution in [0.25, 0.3) is 0 Å². The van der Waals surface area contributed by atoms with Crippen LogP contribution in [0.2, 0.25) is 0 Å². The molecule has 1 rings (SSSR count). The van der Waals surface area contributed by atoms with Gasteiger partial charge in [0.1, 0.15) is 5.60 Å². The molecule has 0 aromatic rings. The molecule has 1 unspecified atom stereocenters. The van der Waals surface area contributed by atoms with Crippen molar-refractivity contribution in [3.63, 3.8) is 0 Å². The van der Waals surface area contributed by atoms with Gasteiger partial charge in [0.25, 0.3) is 0 Å². The number of aliphatic hydroxyl groups excluding tert-OH is 1. The number of hydrogen-bond donors (Lipinski definition) is 2. The second kappa shape index (κ2) is 12.3. The number of carbonyl (C=O) groups is 2. The van der Waals surface area contributed by atoms with Gasteiger partial charge in [-0.1, -0.05) is 26.7 Å². The fourth-order valence-electron chi connectivity index (χ4n) is 1.74. The minimum atomic E-state index is -0.482. The van der Waals surface area contributed by atoms with Crippen molar-refractivity contribution in [2.75, 3.05) is 7.11 Å². The fourth-order valence-corrected chi connectivity index (χ4v) is 1.74. The molecule has 1 fully saturated rings. The van der Waals surface area contributed by atoms with Crippen molar-refractivity contribution in [2.45, 2.75) is 85.0 Å². The van der Waals surface area contributed by atoms with E-state index in [1.807, 2.05) is 34.6 Å². The predicted octanol–water partition coefficient (Wildman–Crippen LogP) is 3.02. The third-order valence-electron chi connectivity index (χ3n) is 2.72. The highest BCUT2D eigenvalue weighted by atomic mass is 16.6. The SMILES string of the molecule is CC.CC(C)(C)OC(=O)N[C@@H]1CCCCC1O.COC(C)=O. The van der Waals surface area contributed by atoms with Crippen LogP contribution in [0.4, 0.5) is 4.79 Å². The monoisotopic (exact) mass is 319 g/mol. The molecule has 2 N–H and O–H groups in total. The van der Waals surface area contributed by atoms with Crippen LogP contribution < -0.4 is 5.32 Å². The van der Waals surface area contributed by atoms with Crippen molar-refractivity contribution in [1.29, 1.82) is 0 Å². The van der Waals surface area contributed by atoms with Gasteiger partial charge in [0, 0.05) is 6.92 Å². The number of nitrogens with one attached hydrogen (secondary N) is 1. The number of amides is 1. The Bertz CT molecular complexity index is 312. The van der Waals surface area contributed by atoms with E-state index in [0.717, 1.165) is 25.7 Å². The number of aliphatic hydroxyl groups is 1. The number of ether oxygens (including phenoxy) is 2. The van der Waals surface area contributed by atoms with Crippen LogP contribution in [0, 0.1) is 0 Å². The number of hydrogen-bond acceptors (Lipinski definition) is 5. The summed E-state index contributed by atoms with van der Waals surface area (Å²) in [6.07, 6.45) is 2.83. The zero-order chi connectivity index (χ0) is 17.8. The van der Waals surface area contributed by atoms with Gasteiger partial charge in [-0.2, -0.15) is 0 Å². The summed E-state index contributed by atoms with van der Waals surface area (Å²) in [5.41, 5.74) is -0.482. The van der Waals surface area contributed by atoms with Crippen LogP contribution in [-0.2, 0) is 14.3 Å². The summed E-state index contributed by atoms with van der Waals surface area (Å²) in [5.74, 6) is -0.245. The number of methoxy groups -OCH3 is 1. The highest BCUT2D eigenvalue weighted by molar-refractivity contribution is 5.68. The smallest absolute Gasteiger partial charge is 0.407 e. The first-order valence-corrected chi connectivity index (χ1v) is 7.88. The average Bonchev–Trinajstić information content (AvgIpc) is 2.42. The molecule has 132 valence electrons. The van der Waals surface area contributed by atoms with Gasteiger partial charge in [-0.05, 0) is 33.6 Å². The maximum atomic E-state index is 11.4. The molecule has 0 saturated heterocycles. The Labute approximate surface area is 134 Å². The normalized spacial score (nSPS) is 20.4. The van der Waals surface area contributed by atoms with Gasteiger partial charge >= 0.3 is 12.1 Å². The predicted molar refractivity (Wildman–Crippen MR) is 86.7 cm³/mol. The molecule has 0 radical (unpaired) electrons. The molecule has 2 atom stereocenters. The first-order chi connectivity index (χ1) is 10.2. The van der Waals surface area contributed by atoms with Gasteiger partial charge in [-0.3, -0.25) is 4.79 Å². The summed E-state index contributed by atoms with van der Waals surface area (Å²) < 4.78 is 9.24. The van der Waals surface area contributed by atoms with E-state index in [-0.39, 0.29) is 12.0 Å². The van der Waals surface area contributed by atoms with Gasteiger partial charge in [0.15, 0.2) is 0 Å². The molecular formula is C16H33NO5. The minimum absolute atomic E-state index is 0.145. The molecule has 1 saturated carbocycles. The number of esters is 1. The first-order valence-electron chi connectivity index (χ1n) is 7.88. The van der Waals surface area contributed by atoms with Crippen molar-refractivity contribution in [3.05, 3.63) is 0 Å². The van der Waals surface area contributed by atoms with Crippen LogP contribution in [0.1, 0.15) is 67.2 Å². The van der Waals surface area contributed by atoms with Crippen LogP contribution in [0.5, 0.6) is 0 Å². The summed E-state index contributed by atoms with van der Waals surface area (Å²) in [6.45, 7) is 10.8. The number of alkyl carbamates (subject to hydrolysis) is 1. The molecule has 1 amide bonds. The second-order valence-electron chi connectivity index (χ2n) is 5.80. The van der Waals surface area contributed by atoms with Crippen LogP contribution in [0.15, 0.2) is 0 Å². The van der Waals surface area contributed by atoms with E-state index < -0.39 is 17.8 Å². The van der Waals surface area contributed by atoms with E-state index in [4.69, 9.17) is 4.74 Å². The summed E-state index contributed by atoms with van der Waals surface area (Å²) >= 11 is 0. The molecule has 22 heavy (non-hydrogen) atoms. The van der Waals surface area contributed by atoms with E-state index in [0.29, 0.717) is 0 Å². The molecule has 6 heteroatoms. The third-order valence-corrected chi connectivity index (χ3v) is 2.72. The Morgan fingerprint density at radius 2 is 1.59 bits per heavy atom. The highest BCUT2D eigenvalue weighted by Gasteiger charge is 2.26. The van der Waals surface area contributed by atoms with Crippen LogP contribution in [0.3, 0.4) is 0 Å². The summed E-state index contributed by atoms with van der Waals surface area (Å²) in [6, 6.07) is -0.145. The van der Waals surface area contributed by atoms with Crippen molar-refractivity contribution >= 4 is 12.1 Å². The lowest BCUT2D eigenvalue weighted by molar-refractivity contribution is -0.137. The summed E-state index contributed by atoms with van der Waals surface area (Å²) in [7, 11) is 1.35. The molecule has 0 spiro atoms. The summed E-state index contributed by atoms with van der Waals surface area (Å²) in [5, 5.41) is 12.4. The molecule has 1 aliphatic rings. The quantitative estimate of drug-likeness (QED) is 0.726. The number of rotatable bonds is 1. The van der Waals surface area contributed by atoms with E-state index in [2.05, 4.69) is 10.1 Å². The number of carbonyl (C=O) groups excluding carboxylic acids is 2. The Kier molecular flexibility index (Phi) is 12.8. The lowest BCUT2D eigenvalue weighted by Gasteiger charge is -2.29. The molecular weight excluding hydrogens is 286 g/mol. The topological polar surface area (TPSA) is 84.9 Å². The van der Waals surface area contributed by atoms with E-state index in [1.54, 1.807) is 0 Å². The lowest BCUT2D eigenvalue weighted by Crippen LogP contribution is -2.46. The van der Waals surface area contributed by atoms with Crippen LogP contribution >= 0.6 is 0 Å². The second-order valence-corrected chi connectivity index (χ2v) is 5.80. The molecule has 0 heterocycles. The third kappa shape index (κ3) is 13.7. The fraction of sp³-hybridized carbons (Fsp3) is 0.875. The zero-order valence-corrected chi connectivity index (χ0v) is 15.1. The molecule has 0 aromatic heterocycles. The van der Waals surface area contributed by atoms with Crippen molar-refractivity contribution < 1.29 is 24.2 Å². The van der Waals surface area contributed by atoms with Gasteiger partial charge in [0.2, 0.25) is 0 Å². The van der Waals surface area contributed by atoms with Crippen molar-refractivity contribution in [2.24, 2.45) is 0 Å². The first kappa shape index (κ1) is 23.0.